The van der Waals surface area contributed by atoms with Crippen LogP contribution in [0.5, 0.6) is 0 Å². The van der Waals surface area contributed by atoms with Gasteiger partial charge in [0.15, 0.2) is 6.29 Å². The van der Waals surface area contributed by atoms with E-state index in [1.807, 2.05) is 6.92 Å². The third-order valence-electron chi connectivity index (χ3n) is 6.05. The molecule has 0 bridgehead atoms. The van der Waals surface area contributed by atoms with E-state index in [9.17, 15) is 20.1 Å². The van der Waals surface area contributed by atoms with Gasteiger partial charge in [-0.15, -0.1) is 0 Å². The van der Waals surface area contributed by atoms with Gasteiger partial charge in [0.1, 0.15) is 31.0 Å². The van der Waals surface area contributed by atoms with Crippen LogP contribution < -0.4 is 0 Å². The van der Waals surface area contributed by atoms with Gasteiger partial charge < -0.3 is 29.5 Å². The predicted molar refractivity (Wildman–Crippen MR) is 124 cm³/mol. The van der Waals surface area contributed by atoms with Crippen molar-refractivity contribution in [2.75, 3.05) is 13.2 Å². The van der Waals surface area contributed by atoms with Gasteiger partial charge in [0, 0.05) is 13.0 Å². The topological polar surface area (TPSA) is 105 Å². The number of aliphatic hydroxyl groups excluding tert-OH is 3. The Morgan fingerprint density at radius 1 is 0.719 bits per heavy atom. The molecule has 0 radical (unpaired) electrons. The lowest BCUT2D eigenvalue weighted by Crippen LogP contribution is -2.59. The van der Waals surface area contributed by atoms with Crippen LogP contribution in [0.25, 0.3) is 0 Å². The smallest absolute Gasteiger partial charge is 0.305 e. The molecule has 0 aliphatic carbocycles. The summed E-state index contributed by atoms with van der Waals surface area (Å²) in [7, 11) is 0. The lowest BCUT2D eigenvalue weighted by atomic mass is 9.99. The second-order valence-electron chi connectivity index (χ2n) is 9.06. The molecule has 32 heavy (non-hydrogen) atoms. The maximum atomic E-state index is 12.0. The lowest BCUT2D eigenvalue weighted by Gasteiger charge is -2.39. The van der Waals surface area contributed by atoms with Crippen molar-refractivity contribution in [2.45, 2.75) is 141 Å². The second kappa shape index (κ2) is 18.7. The molecule has 7 heteroatoms. The van der Waals surface area contributed by atoms with Crippen molar-refractivity contribution in [1.29, 1.82) is 0 Å². The van der Waals surface area contributed by atoms with Crippen molar-refractivity contribution in [3.63, 3.8) is 0 Å². The molecular weight excluding hydrogens is 412 g/mol. The Bertz CT molecular complexity index is 460. The van der Waals surface area contributed by atoms with Crippen LogP contribution in [0, 0.1) is 0 Å². The summed E-state index contributed by atoms with van der Waals surface area (Å²) in [6.07, 6.45) is 11.2. The van der Waals surface area contributed by atoms with E-state index in [-0.39, 0.29) is 12.6 Å². The minimum absolute atomic E-state index is 0.172. The molecule has 1 aliphatic heterocycles. The Hall–Kier alpha value is -0.730. The third-order valence-corrected chi connectivity index (χ3v) is 6.05. The highest BCUT2D eigenvalue weighted by Gasteiger charge is 2.44. The Morgan fingerprint density at radius 2 is 1.25 bits per heavy atom. The summed E-state index contributed by atoms with van der Waals surface area (Å²) in [5.41, 5.74) is 0. The van der Waals surface area contributed by atoms with Gasteiger partial charge in [-0.2, -0.15) is 0 Å². The number of ether oxygens (including phenoxy) is 3. The zero-order valence-corrected chi connectivity index (χ0v) is 20.4. The average Bonchev–Trinajstić information content (AvgIpc) is 2.79. The summed E-state index contributed by atoms with van der Waals surface area (Å²) in [6.45, 7) is 4.35. The van der Waals surface area contributed by atoms with E-state index in [2.05, 4.69) is 6.92 Å². The molecule has 0 aromatic rings. The molecule has 190 valence electrons. The normalized spacial score (nSPS) is 25.7. The van der Waals surface area contributed by atoms with Crippen molar-refractivity contribution in [2.24, 2.45) is 0 Å². The highest BCUT2D eigenvalue weighted by Crippen LogP contribution is 2.23. The van der Waals surface area contributed by atoms with Crippen LogP contribution in [-0.4, -0.2) is 65.2 Å². The zero-order chi connectivity index (χ0) is 23.6. The summed E-state index contributed by atoms with van der Waals surface area (Å²) in [6, 6.07) is 0. The van der Waals surface area contributed by atoms with Crippen LogP contribution in [-0.2, 0) is 19.0 Å². The summed E-state index contributed by atoms with van der Waals surface area (Å²) >= 11 is 0. The predicted octanol–water partition coefficient (Wildman–Crippen LogP) is 4.25. The van der Waals surface area contributed by atoms with E-state index < -0.39 is 30.7 Å². The van der Waals surface area contributed by atoms with E-state index in [1.165, 1.54) is 64.2 Å². The first-order chi connectivity index (χ1) is 15.5. The van der Waals surface area contributed by atoms with Crippen LogP contribution in [0.2, 0.25) is 0 Å². The molecule has 0 saturated carbocycles. The summed E-state index contributed by atoms with van der Waals surface area (Å²) in [4.78, 5) is 12.0. The Morgan fingerprint density at radius 3 is 1.78 bits per heavy atom. The molecule has 1 saturated heterocycles. The monoisotopic (exact) mass is 460 g/mol. The molecule has 0 aromatic heterocycles. The zero-order valence-electron chi connectivity index (χ0n) is 20.4. The molecule has 1 rings (SSSR count). The number of hydrogen-bond donors (Lipinski definition) is 3. The second-order valence-corrected chi connectivity index (χ2v) is 9.06. The number of carbonyl (C=O) groups is 1. The van der Waals surface area contributed by atoms with E-state index in [1.54, 1.807) is 0 Å². The van der Waals surface area contributed by atoms with Crippen molar-refractivity contribution in [1.82, 2.24) is 0 Å². The summed E-state index contributed by atoms with van der Waals surface area (Å²) < 4.78 is 16.1. The third kappa shape index (κ3) is 12.5. The molecule has 0 aromatic carbocycles. The maximum absolute atomic E-state index is 12.0. The maximum Gasteiger partial charge on any atom is 0.305 e. The minimum atomic E-state index is -1.41. The van der Waals surface area contributed by atoms with Gasteiger partial charge in [-0.25, -0.2) is 0 Å². The van der Waals surface area contributed by atoms with E-state index in [0.29, 0.717) is 13.0 Å². The molecule has 1 aliphatic rings. The molecule has 0 amide bonds. The van der Waals surface area contributed by atoms with Crippen LogP contribution >= 0.6 is 0 Å². The van der Waals surface area contributed by atoms with Crippen molar-refractivity contribution in [3.05, 3.63) is 0 Å². The number of unbranched alkanes of at least 4 members (excludes halogenated alkanes) is 12. The van der Waals surface area contributed by atoms with Gasteiger partial charge in [-0.1, -0.05) is 90.9 Å². The lowest BCUT2D eigenvalue weighted by molar-refractivity contribution is -0.301. The van der Waals surface area contributed by atoms with Gasteiger partial charge in [0.05, 0.1) is 0 Å². The molecule has 1 unspecified atom stereocenters. The van der Waals surface area contributed by atoms with E-state index in [0.717, 1.165) is 25.7 Å². The number of rotatable bonds is 19. The minimum Gasteiger partial charge on any atom is -0.463 e. The summed E-state index contributed by atoms with van der Waals surface area (Å²) in [5.74, 6) is -0.337. The first-order valence-electron chi connectivity index (χ1n) is 13.0. The Balaban J connectivity index is 2.04. The molecule has 5 atom stereocenters. The quantitative estimate of drug-likeness (QED) is 0.195. The largest absolute Gasteiger partial charge is 0.463 e. The van der Waals surface area contributed by atoms with Crippen molar-refractivity contribution < 1.29 is 34.3 Å². The summed E-state index contributed by atoms with van der Waals surface area (Å²) in [5, 5.41) is 30.0. The van der Waals surface area contributed by atoms with E-state index in [4.69, 9.17) is 14.2 Å². The van der Waals surface area contributed by atoms with Crippen LogP contribution in [0.15, 0.2) is 0 Å². The van der Waals surface area contributed by atoms with E-state index >= 15 is 0 Å². The number of aliphatic hydroxyl groups is 3. The fourth-order valence-corrected chi connectivity index (χ4v) is 3.96. The van der Waals surface area contributed by atoms with Crippen LogP contribution in [0.3, 0.4) is 0 Å². The van der Waals surface area contributed by atoms with Gasteiger partial charge >= 0.3 is 5.97 Å². The highest BCUT2D eigenvalue weighted by atomic mass is 16.7. The highest BCUT2D eigenvalue weighted by molar-refractivity contribution is 5.69. The van der Waals surface area contributed by atoms with Crippen molar-refractivity contribution in [3.8, 4) is 0 Å². The van der Waals surface area contributed by atoms with Crippen molar-refractivity contribution >= 4 is 5.97 Å². The number of hydrogen-bond acceptors (Lipinski definition) is 7. The van der Waals surface area contributed by atoms with Gasteiger partial charge in [-0.05, 0) is 12.8 Å². The fraction of sp³-hybridized carbons (Fsp3) is 0.960. The SMILES string of the molecule is CCCCCCCCCCCCCCCC(=O)OC[C@H]1OC(OCCC)[C@H](O)[C@@H](O)[C@@H]1O. The van der Waals surface area contributed by atoms with Gasteiger partial charge in [-0.3, -0.25) is 4.79 Å². The van der Waals surface area contributed by atoms with Gasteiger partial charge in [0.25, 0.3) is 0 Å². The number of carbonyl (C=O) groups excluding carboxylic acids is 1. The first-order valence-corrected chi connectivity index (χ1v) is 13.0. The Labute approximate surface area is 194 Å². The molecule has 1 fully saturated rings. The van der Waals surface area contributed by atoms with Crippen LogP contribution in [0.4, 0.5) is 0 Å². The standard InChI is InChI=1S/C25H48O7/c1-3-5-6-7-8-9-10-11-12-13-14-15-16-17-21(26)31-19-20-22(27)23(28)24(29)25(32-20)30-18-4-2/h20,22-25,27-29H,3-19H2,1-2H3/t20-,22-,23+,24-,25?/m1/s1. The number of esters is 1. The molecule has 0 spiro atoms. The van der Waals surface area contributed by atoms with Crippen LogP contribution in [0.1, 0.15) is 110 Å². The molecule has 1 heterocycles. The molecule has 7 nitrogen and oxygen atoms in total. The fourth-order valence-electron chi connectivity index (χ4n) is 3.96. The average molecular weight is 461 g/mol. The first kappa shape index (κ1) is 29.3. The molecule has 3 N–H and O–H groups in total. The molecular formula is C25H48O7. The van der Waals surface area contributed by atoms with Gasteiger partial charge in [0.2, 0.25) is 0 Å². The Kier molecular flexibility index (Phi) is 17.1.